The first kappa shape index (κ1) is 25.1. The number of nitrogens with zero attached hydrogens (tertiary/aromatic N) is 1. The number of benzene rings is 3. The number of aliphatic carboxylic acids is 1. The number of rotatable bonds is 9. The third kappa shape index (κ3) is 6.15. The number of halogens is 3. The van der Waals surface area contributed by atoms with E-state index in [4.69, 9.17) is 14.8 Å². The predicted octanol–water partition coefficient (Wildman–Crippen LogP) is 7.34. The third-order valence-electron chi connectivity index (χ3n) is 5.37. The number of thioether (sulfide) groups is 1. The van der Waals surface area contributed by atoms with E-state index in [9.17, 15) is 18.0 Å². The van der Waals surface area contributed by atoms with Crippen molar-refractivity contribution in [1.29, 1.82) is 0 Å². The number of carboxylic acid groups (broad SMARTS) is 1. The number of para-hydroxylation sites is 1. The summed E-state index contributed by atoms with van der Waals surface area (Å²) in [6, 6.07) is 16.8. The van der Waals surface area contributed by atoms with Crippen LogP contribution in [0.2, 0.25) is 0 Å². The van der Waals surface area contributed by atoms with E-state index in [1.165, 1.54) is 23.5 Å². The van der Waals surface area contributed by atoms with E-state index >= 15 is 0 Å². The molecule has 0 saturated heterocycles. The van der Waals surface area contributed by atoms with E-state index < -0.39 is 17.7 Å². The lowest BCUT2D eigenvalue weighted by molar-refractivity contribution is -0.139. The van der Waals surface area contributed by atoms with Gasteiger partial charge < -0.3 is 9.84 Å². The average Bonchev–Trinajstić information content (AvgIpc) is 3.28. The van der Waals surface area contributed by atoms with E-state index in [1.54, 1.807) is 11.8 Å². The molecule has 9 heteroatoms. The van der Waals surface area contributed by atoms with Gasteiger partial charge in [-0.25, -0.2) is 9.78 Å². The van der Waals surface area contributed by atoms with E-state index in [0.717, 1.165) is 57.0 Å². The number of hydrogen-bond acceptors (Lipinski definition) is 5. The standard InChI is InChI=1S/C26H22F3NO3S2/c1-2-16-14-20(10-11-21(16)33-15-23(31)32)34-13-12-17-4-3-5-22-24(17)30-25(35-22)18-6-8-19(9-7-18)26(27,28)29/h3-11,14H,2,12-13,15H2,1H3,(H,31,32). The van der Waals surface area contributed by atoms with Gasteiger partial charge in [0.25, 0.3) is 0 Å². The highest BCUT2D eigenvalue weighted by Crippen LogP contribution is 2.35. The number of fused-ring (bicyclic) bond motifs is 1. The van der Waals surface area contributed by atoms with Crippen molar-refractivity contribution in [2.24, 2.45) is 0 Å². The molecular weight excluding hydrogens is 495 g/mol. The minimum absolute atomic E-state index is 0.369. The van der Waals surface area contributed by atoms with Crippen molar-refractivity contribution in [3.05, 3.63) is 77.4 Å². The predicted molar refractivity (Wildman–Crippen MR) is 133 cm³/mol. The minimum atomic E-state index is -4.36. The maximum absolute atomic E-state index is 12.9. The van der Waals surface area contributed by atoms with Gasteiger partial charge in [0.15, 0.2) is 6.61 Å². The Bertz CT molecular complexity index is 1330. The molecule has 0 unspecified atom stereocenters. The molecule has 1 heterocycles. The zero-order valence-electron chi connectivity index (χ0n) is 18.8. The lowest BCUT2D eigenvalue weighted by Gasteiger charge is -2.11. The molecule has 0 amide bonds. The van der Waals surface area contributed by atoms with Gasteiger partial charge in [0, 0.05) is 16.2 Å². The van der Waals surface area contributed by atoms with Crippen LogP contribution in [0.4, 0.5) is 13.2 Å². The van der Waals surface area contributed by atoms with Crippen molar-refractivity contribution >= 4 is 39.3 Å². The smallest absolute Gasteiger partial charge is 0.416 e. The molecule has 0 aliphatic rings. The Hall–Kier alpha value is -3.04. The number of carboxylic acids is 1. The van der Waals surface area contributed by atoms with Crippen LogP contribution in [0.25, 0.3) is 20.8 Å². The van der Waals surface area contributed by atoms with Crippen LogP contribution in [0.1, 0.15) is 23.6 Å². The van der Waals surface area contributed by atoms with Crippen LogP contribution in [-0.2, 0) is 23.8 Å². The second kappa shape index (κ2) is 10.7. The molecule has 182 valence electrons. The summed E-state index contributed by atoms with van der Waals surface area (Å²) in [4.78, 5) is 16.6. The van der Waals surface area contributed by atoms with Crippen LogP contribution >= 0.6 is 23.1 Å². The molecule has 35 heavy (non-hydrogen) atoms. The van der Waals surface area contributed by atoms with Crippen molar-refractivity contribution in [3.63, 3.8) is 0 Å². The largest absolute Gasteiger partial charge is 0.482 e. The summed E-state index contributed by atoms with van der Waals surface area (Å²) >= 11 is 3.16. The molecule has 0 atom stereocenters. The molecule has 0 fully saturated rings. The molecule has 4 nitrogen and oxygen atoms in total. The first-order valence-electron chi connectivity index (χ1n) is 10.9. The van der Waals surface area contributed by atoms with Crippen molar-refractivity contribution in [2.45, 2.75) is 30.8 Å². The Kier molecular flexibility index (Phi) is 7.66. The molecule has 0 spiro atoms. The van der Waals surface area contributed by atoms with Gasteiger partial charge in [-0.05, 0) is 60.4 Å². The maximum Gasteiger partial charge on any atom is 0.416 e. The van der Waals surface area contributed by atoms with E-state index in [-0.39, 0.29) is 6.61 Å². The van der Waals surface area contributed by atoms with Gasteiger partial charge in [-0.2, -0.15) is 13.2 Å². The third-order valence-corrected chi connectivity index (χ3v) is 7.43. The number of aromatic nitrogens is 1. The van der Waals surface area contributed by atoms with E-state index in [2.05, 4.69) is 0 Å². The van der Waals surface area contributed by atoms with Crippen LogP contribution in [-0.4, -0.2) is 28.4 Å². The monoisotopic (exact) mass is 517 g/mol. The zero-order chi connectivity index (χ0) is 25.0. The Labute approximate surface area is 208 Å². The van der Waals surface area contributed by atoms with Crippen LogP contribution in [0.15, 0.2) is 65.6 Å². The van der Waals surface area contributed by atoms with Crippen LogP contribution in [0.3, 0.4) is 0 Å². The molecule has 0 bridgehead atoms. The SMILES string of the molecule is CCc1cc(SCCc2cccc3sc(-c4ccc(C(F)(F)F)cc4)nc23)ccc1OCC(=O)O. The highest BCUT2D eigenvalue weighted by atomic mass is 32.2. The summed E-state index contributed by atoms with van der Waals surface area (Å²) in [7, 11) is 0. The van der Waals surface area contributed by atoms with Crippen molar-refractivity contribution in [1.82, 2.24) is 4.98 Å². The Morgan fingerprint density at radius 2 is 1.86 bits per heavy atom. The fourth-order valence-corrected chi connectivity index (χ4v) is 5.58. The van der Waals surface area contributed by atoms with E-state index in [0.29, 0.717) is 16.3 Å². The Morgan fingerprint density at radius 1 is 1.09 bits per heavy atom. The van der Waals surface area contributed by atoms with Gasteiger partial charge in [0.1, 0.15) is 10.8 Å². The number of aryl methyl sites for hydroxylation is 2. The molecule has 1 aromatic heterocycles. The lowest BCUT2D eigenvalue weighted by atomic mass is 10.1. The fraction of sp³-hybridized carbons (Fsp3) is 0.231. The second-order valence-electron chi connectivity index (χ2n) is 7.76. The molecule has 4 aromatic rings. The number of ether oxygens (including phenoxy) is 1. The van der Waals surface area contributed by atoms with Gasteiger partial charge in [0.05, 0.1) is 15.8 Å². The van der Waals surface area contributed by atoms with Crippen LogP contribution < -0.4 is 4.74 Å². The van der Waals surface area contributed by atoms with Crippen LogP contribution in [0.5, 0.6) is 5.75 Å². The molecule has 3 aromatic carbocycles. The molecule has 0 aliphatic heterocycles. The Morgan fingerprint density at radius 3 is 2.54 bits per heavy atom. The van der Waals surface area contributed by atoms with Gasteiger partial charge >= 0.3 is 12.1 Å². The van der Waals surface area contributed by atoms with Gasteiger partial charge in [-0.3, -0.25) is 0 Å². The molecule has 4 rings (SSSR count). The molecule has 1 N–H and O–H groups in total. The molecule has 0 aliphatic carbocycles. The van der Waals surface area contributed by atoms with Crippen molar-refractivity contribution < 1.29 is 27.8 Å². The van der Waals surface area contributed by atoms with Gasteiger partial charge in [-0.15, -0.1) is 23.1 Å². The second-order valence-corrected chi connectivity index (χ2v) is 9.96. The molecule has 0 saturated carbocycles. The number of alkyl halides is 3. The summed E-state index contributed by atoms with van der Waals surface area (Å²) < 4.78 is 45.0. The first-order chi connectivity index (χ1) is 16.7. The number of thiazole rings is 1. The van der Waals surface area contributed by atoms with Crippen molar-refractivity contribution in [2.75, 3.05) is 12.4 Å². The summed E-state index contributed by atoms with van der Waals surface area (Å²) in [6.45, 7) is 1.63. The number of carbonyl (C=O) groups is 1. The fourth-order valence-electron chi connectivity index (χ4n) is 3.61. The van der Waals surface area contributed by atoms with Crippen molar-refractivity contribution in [3.8, 4) is 16.3 Å². The van der Waals surface area contributed by atoms with E-state index in [1.807, 2.05) is 43.3 Å². The summed E-state index contributed by atoms with van der Waals surface area (Å²) in [5.74, 6) is 0.385. The zero-order valence-corrected chi connectivity index (χ0v) is 20.4. The van der Waals surface area contributed by atoms with Gasteiger partial charge in [0.2, 0.25) is 0 Å². The molecular formula is C26H22F3NO3S2. The summed E-state index contributed by atoms with van der Waals surface area (Å²) in [5.41, 5.74) is 2.91. The number of hydrogen-bond donors (Lipinski definition) is 1. The van der Waals surface area contributed by atoms with Crippen LogP contribution in [0, 0.1) is 0 Å². The molecule has 0 radical (unpaired) electrons. The first-order valence-corrected chi connectivity index (χ1v) is 12.7. The normalized spacial score (nSPS) is 11.7. The highest BCUT2D eigenvalue weighted by Gasteiger charge is 2.30. The summed E-state index contributed by atoms with van der Waals surface area (Å²) in [5, 5.41) is 9.52. The summed E-state index contributed by atoms with van der Waals surface area (Å²) in [6.07, 6.45) is -2.86. The quantitative estimate of drug-likeness (QED) is 0.235. The topological polar surface area (TPSA) is 59.4 Å². The maximum atomic E-state index is 12.9. The Balaban J connectivity index is 1.46. The lowest BCUT2D eigenvalue weighted by Crippen LogP contribution is -2.10. The minimum Gasteiger partial charge on any atom is -0.482 e. The average molecular weight is 518 g/mol. The van der Waals surface area contributed by atoms with Gasteiger partial charge in [-0.1, -0.05) is 31.2 Å². The highest BCUT2D eigenvalue weighted by molar-refractivity contribution is 7.99.